The van der Waals surface area contributed by atoms with Crippen molar-refractivity contribution in [2.75, 3.05) is 26.1 Å². The Bertz CT molecular complexity index is 1100. The van der Waals surface area contributed by atoms with Crippen molar-refractivity contribution in [2.24, 2.45) is 0 Å². The van der Waals surface area contributed by atoms with Crippen LogP contribution in [0.4, 0.5) is 5.13 Å². The van der Waals surface area contributed by atoms with Crippen LogP contribution in [0.25, 0.3) is 0 Å². The minimum Gasteiger partial charge on any atom is -0.493 e. The molecule has 9 nitrogen and oxygen atoms in total. The fourth-order valence-electron chi connectivity index (χ4n) is 3.32. The first-order valence-electron chi connectivity index (χ1n) is 9.62. The van der Waals surface area contributed by atoms with Crippen molar-refractivity contribution in [3.63, 3.8) is 0 Å². The third-order valence-electron chi connectivity index (χ3n) is 4.90. The van der Waals surface area contributed by atoms with E-state index in [4.69, 9.17) is 9.47 Å². The molecule has 0 saturated heterocycles. The van der Waals surface area contributed by atoms with E-state index < -0.39 is 0 Å². The summed E-state index contributed by atoms with van der Waals surface area (Å²) >= 11 is 1.38. The van der Waals surface area contributed by atoms with Crippen molar-refractivity contribution in [1.82, 2.24) is 19.9 Å². The molecule has 1 N–H and O–H groups in total. The Labute approximate surface area is 183 Å². The number of ether oxygens (including phenoxy) is 2. The maximum Gasteiger partial charge on any atom is 0.277 e. The normalized spacial score (nSPS) is 12.8. The van der Waals surface area contributed by atoms with Gasteiger partial charge in [0, 0.05) is 30.2 Å². The van der Waals surface area contributed by atoms with Crippen LogP contribution in [0.5, 0.6) is 11.5 Å². The molecular weight excluding hydrogens is 418 g/mol. The van der Waals surface area contributed by atoms with Gasteiger partial charge in [0.2, 0.25) is 5.91 Å². The second-order valence-corrected chi connectivity index (χ2v) is 7.95. The number of anilines is 1. The average Bonchev–Trinajstić information content (AvgIpc) is 3.20. The number of aromatic nitrogens is 3. The van der Waals surface area contributed by atoms with Gasteiger partial charge in [-0.05, 0) is 17.7 Å². The Morgan fingerprint density at radius 2 is 2.03 bits per heavy atom. The molecule has 0 fully saturated rings. The molecule has 3 aromatic rings. The maximum atomic E-state index is 12.9. The number of methoxy groups -OCH3 is 2. The number of benzene rings is 1. The van der Waals surface area contributed by atoms with Crippen molar-refractivity contribution in [1.29, 1.82) is 0 Å². The summed E-state index contributed by atoms with van der Waals surface area (Å²) in [6, 6.07) is 5.48. The number of rotatable bonds is 6. The molecule has 10 heteroatoms. The first-order valence-corrected chi connectivity index (χ1v) is 10.4. The van der Waals surface area contributed by atoms with Crippen LogP contribution in [0.15, 0.2) is 36.8 Å². The highest BCUT2D eigenvalue weighted by molar-refractivity contribution is 7.15. The number of nitrogens with one attached hydrogen (secondary N) is 1. The molecule has 0 atom stereocenters. The summed E-state index contributed by atoms with van der Waals surface area (Å²) in [4.78, 5) is 40.3. The Balaban J connectivity index is 1.41. The first kappa shape index (κ1) is 20.7. The second-order valence-electron chi connectivity index (χ2n) is 6.87. The standard InChI is InChI=1S/C21H21N5O4S/c1-29-16-4-3-13(9-17(16)30-2)10-19(27)26-8-5-14-18(12-26)31-21(24-14)25-20(28)15-11-22-6-7-23-15/h3-4,6-7,9,11H,5,8,10,12H2,1-2H3,(H,24,25,28). The largest absolute Gasteiger partial charge is 0.493 e. The Morgan fingerprint density at radius 1 is 1.19 bits per heavy atom. The van der Waals surface area contributed by atoms with Crippen LogP contribution in [0.1, 0.15) is 26.6 Å². The van der Waals surface area contributed by atoms with Crippen LogP contribution >= 0.6 is 11.3 Å². The van der Waals surface area contributed by atoms with Crippen molar-refractivity contribution < 1.29 is 19.1 Å². The predicted octanol–water partition coefficient (Wildman–Crippen LogP) is 2.33. The van der Waals surface area contributed by atoms with E-state index >= 15 is 0 Å². The second kappa shape index (κ2) is 9.09. The Kier molecular flexibility index (Phi) is 6.08. The molecule has 1 aliphatic heterocycles. The van der Waals surface area contributed by atoms with E-state index in [2.05, 4.69) is 20.3 Å². The lowest BCUT2D eigenvalue weighted by molar-refractivity contribution is -0.131. The van der Waals surface area contributed by atoms with Crippen molar-refractivity contribution in [3.8, 4) is 11.5 Å². The summed E-state index contributed by atoms with van der Waals surface area (Å²) < 4.78 is 10.6. The zero-order valence-corrected chi connectivity index (χ0v) is 17.9. The van der Waals surface area contributed by atoms with E-state index in [1.807, 2.05) is 17.0 Å². The van der Waals surface area contributed by atoms with Crippen LogP contribution in [-0.2, 0) is 24.2 Å². The van der Waals surface area contributed by atoms with Gasteiger partial charge in [0.25, 0.3) is 5.91 Å². The molecule has 0 saturated carbocycles. The topological polar surface area (TPSA) is 107 Å². The van der Waals surface area contributed by atoms with Gasteiger partial charge < -0.3 is 14.4 Å². The number of hydrogen-bond acceptors (Lipinski definition) is 8. The molecule has 160 valence electrons. The number of hydrogen-bond donors (Lipinski definition) is 1. The molecule has 3 heterocycles. The lowest BCUT2D eigenvalue weighted by atomic mass is 10.1. The maximum absolute atomic E-state index is 12.9. The van der Waals surface area contributed by atoms with Gasteiger partial charge in [-0.2, -0.15) is 0 Å². The number of carbonyl (C=O) groups is 2. The van der Waals surface area contributed by atoms with E-state index in [1.165, 1.54) is 29.9 Å². The quantitative estimate of drug-likeness (QED) is 0.628. The van der Waals surface area contributed by atoms with Gasteiger partial charge >= 0.3 is 0 Å². The zero-order valence-electron chi connectivity index (χ0n) is 17.1. The molecule has 0 unspecified atom stereocenters. The fraction of sp³-hybridized carbons (Fsp3) is 0.286. The Morgan fingerprint density at radius 3 is 2.77 bits per heavy atom. The smallest absolute Gasteiger partial charge is 0.277 e. The summed E-state index contributed by atoms with van der Waals surface area (Å²) in [7, 11) is 3.15. The van der Waals surface area contributed by atoms with Crippen LogP contribution < -0.4 is 14.8 Å². The van der Waals surface area contributed by atoms with Crippen LogP contribution in [0, 0.1) is 0 Å². The molecule has 2 aromatic heterocycles. The number of carbonyl (C=O) groups excluding carboxylic acids is 2. The SMILES string of the molecule is COc1ccc(CC(=O)N2CCc3nc(NC(=O)c4cnccn4)sc3C2)cc1OC. The van der Waals surface area contributed by atoms with Crippen molar-refractivity contribution in [3.05, 3.63) is 58.6 Å². The number of amides is 2. The van der Waals surface area contributed by atoms with Gasteiger partial charge in [0.15, 0.2) is 16.6 Å². The zero-order chi connectivity index (χ0) is 21.8. The van der Waals surface area contributed by atoms with Gasteiger partial charge in [-0.25, -0.2) is 9.97 Å². The van der Waals surface area contributed by atoms with Gasteiger partial charge in [0.05, 0.1) is 39.1 Å². The molecule has 4 rings (SSSR count). The Hall–Kier alpha value is -3.53. The minimum atomic E-state index is -0.361. The summed E-state index contributed by atoms with van der Waals surface area (Å²) in [5, 5.41) is 3.25. The van der Waals surface area contributed by atoms with E-state index in [0.717, 1.165) is 16.1 Å². The molecule has 2 amide bonds. The molecule has 1 aromatic carbocycles. The van der Waals surface area contributed by atoms with E-state index in [-0.39, 0.29) is 23.9 Å². The summed E-state index contributed by atoms with van der Waals surface area (Å²) in [5.41, 5.74) is 1.99. The minimum absolute atomic E-state index is 0.0245. The fourth-order valence-corrected chi connectivity index (χ4v) is 4.34. The number of fused-ring (bicyclic) bond motifs is 1. The highest BCUT2D eigenvalue weighted by atomic mass is 32.1. The monoisotopic (exact) mass is 439 g/mol. The molecule has 0 radical (unpaired) electrons. The van der Waals surface area contributed by atoms with Crippen LogP contribution in [0.2, 0.25) is 0 Å². The average molecular weight is 439 g/mol. The van der Waals surface area contributed by atoms with Gasteiger partial charge in [-0.1, -0.05) is 17.4 Å². The molecule has 0 aliphatic carbocycles. The number of nitrogens with zero attached hydrogens (tertiary/aromatic N) is 4. The van der Waals surface area contributed by atoms with Crippen molar-refractivity contribution in [2.45, 2.75) is 19.4 Å². The summed E-state index contributed by atoms with van der Waals surface area (Å²) in [6.07, 6.45) is 5.28. The predicted molar refractivity (Wildman–Crippen MR) is 114 cm³/mol. The highest BCUT2D eigenvalue weighted by Gasteiger charge is 2.25. The van der Waals surface area contributed by atoms with Crippen LogP contribution in [-0.4, -0.2) is 52.4 Å². The third-order valence-corrected chi connectivity index (χ3v) is 5.90. The number of thiazole rings is 1. The summed E-state index contributed by atoms with van der Waals surface area (Å²) in [6.45, 7) is 1.06. The molecule has 0 spiro atoms. The molecule has 31 heavy (non-hydrogen) atoms. The first-order chi connectivity index (χ1) is 15.1. The van der Waals surface area contributed by atoms with Gasteiger partial charge in [0.1, 0.15) is 5.69 Å². The third kappa shape index (κ3) is 4.64. The van der Waals surface area contributed by atoms with Gasteiger partial charge in [-0.15, -0.1) is 0 Å². The van der Waals surface area contributed by atoms with Gasteiger partial charge in [-0.3, -0.25) is 19.9 Å². The van der Waals surface area contributed by atoms with E-state index in [0.29, 0.717) is 36.1 Å². The summed E-state index contributed by atoms with van der Waals surface area (Å²) in [5.74, 6) is 0.888. The lowest BCUT2D eigenvalue weighted by Crippen LogP contribution is -2.36. The van der Waals surface area contributed by atoms with Crippen molar-refractivity contribution >= 4 is 28.3 Å². The highest BCUT2D eigenvalue weighted by Crippen LogP contribution is 2.30. The van der Waals surface area contributed by atoms with E-state index in [9.17, 15) is 9.59 Å². The van der Waals surface area contributed by atoms with E-state index in [1.54, 1.807) is 20.3 Å². The van der Waals surface area contributed by atoms with Crippen LogP contribution in [0.3, 0.4) is 0 Å². The lowest BCUT2D eigenvalue weighted by Gasteiger charge is -2.26. The molecule has 1 aliphatic rings. The molecule has 0 bridgehead atoms. The molecular formula is C21H21N5O4S.